The number of esters is 1. The average Bonchev–Trinajstić information content (AvgIpc) is 3.45. The zero-order valence-corrected chi connectivity index (χ0v) is 23.9. The minimum atomic E-state index is -4.68. The van der Waals surface area contributed by atoms with Crippen molar-refractivity contribution in [3.05, 3.63) is 88.9 Å². The van der Waals surface area contributed by atoms with Gasteiger partial charge in [-0.25, -0.2) is 18.6 Å². The molecule has 0 fully saturated rings. The van der Waals surface area contributed by atoms with Crippen molar-refractivity contribution in [1.29, 1.82) is 0 Å². The summed E-state index contributed by atoms with van der Waals surface area (Å²) in [5, 5.41) is 14.8. The second-order valence-corrected chi connectivity index (χ2v) is 10.1. The standard InChI is InChI=1S/C31H28F5N5O4/c1-2-12-44-19-8-9-20(22(14-19)31(34,35)36)24-10-7-18(15-37-24)28(30(43)45-13-4-11-42)41-17-26-25(16-38-41)39-29(40-26)21-5-3-6-23(32)27(21)33/h3,5-10,14-16,28,42H,2,4,11-13,17H2,1H3,(H,39,40). The third kappa shape index (κ3) is 6.95. The number of aliphatic hydroxyl groups is 1. The smallest absolute Gasteiger partial charge is 0.417 e. The number of ether oxygens (including phenoxy) is 2. The highest BCUT2D eigenvalue weighted by molar-refractivity contribution is 5.82. The number of benzene rings is 2. The largest absolute Gasteiger partial charge is 0.494 e. The van der Waals surface area contributed by atoms with E-state index in [4.69, 9.17) is 14.6 Å². The van der Waals surface area contributed by atoms with Crippen molar-refractivity contribution in [2.75, 3.05) is 19.8 Å². The molecule has 2 N–H and O–H groups in total. The molecule has 1 aliphatic heterocycles. The third-order valence-electron chi connectivity index (χ3n) is 6.88. The molecule has 9 nitrogen and oxygen atoms in total. The van der Waals surface area contributed by atoms with Gasteiger partial charge in [0.15, 0.2) is 17.7 Å². The van der Waals surface area contributed by atoms with Crippen LogP contribution in [0.15, 0.2) is 59.8 Å². The van der Waals surface area contributed by atoms with E-state index in [1.165, 1.54) is 53.8 Å². The number of imidazole rings is 1. The first-order valence-electron chi connectivity index (χ1n) is 14.0. The second kappa shape index (κ2) is 13.4. The van der Waals surface area contributed by atoms with Crippen LogP contribution in [0.5, 0.6) is 5.75 Å². The maximum Gasteiger partial charge on any atom is 0.417 e. The van der Waals surface area contributed by atoms with E-state index in [0.29, 0.717) is 17.8 Å². The summed E-state index contributed by atoms with van der Waals surface area (Å²) < 4.78 is 80.9. The average molecular weight is 630 g/mol. The molecule has 0 aliphatic carbocycles. The first kappa shape index (κ1) is 31.6. The van der Waals surface area contributed by atoms with Gasteiger partial charge in [0.1, 0.15) is 17.3 Å². The fraction of sp³-hybridized carbons (Fsp3) is 0.290. The van der Waals surface area contributed by atoms with E-state index in [-0.39, 0.29) is 66.7 Å². The van der Waals surface area contributed by atoms with Crippen LogP contribution in [-0.2, 0) is 22.3 Å². The van der Waals surface area contributed by atoms with Crippen LogP contribution in [0.1, 0.15) is 48.3 Å². The number of carbonyl (C=O) groups is 1. The van der Waals surface area contributed by atoms with Crippen molar-refractivity contribution in [1.82, 2.24) is 20.0 Å². The lowest BCUT2D eigenvalue weighted by Gasteiger charge is -2.29. The van der Waals surface area contributed by atoms with Gasteiger partial charge in [-0.3, -0.25) is 9.99 Å². The number of aliphatic hydroxyl groups excluding tert-OH is 1. The Morgan fingerprint density at radius 2 is 1.93 bits per heavy atom. The fourth-order valence-electron chi connectivity index (χ4n) is 4.72. The number of H-pyrrole nitrogens is 1. The van der Waals surface area contributed by atoms with Crippen LogP contribution in [-0.4, -0.2) is 57.1 Å². The molecule has 5 rings (SSSR count). The molecule has 2 aromatic heterocycles. The molecule has 3 heterocycles. The predicted molar refractivity (Wildman–Crippen MR) is 153 cm³/mol. The number of rotatable bonds is 11. The number of carbonyl (C=O) groups excluding carboxylic acids is 1. The Bertz CT molecular complexity index is 1690. The van der Waals surface area contributed by atoms with Gasteiger partial charge < -0.3 is 19.6 Å². The van der Waals surface area contributed by atoms with E-state index in [0.717, 1.165) is 12.1 Å². The summed E-state index contributed by atoms with van der Waals surface area (Å²) in [5.41, 5.74) is -0.115. The number of hydrogen-bond acceptors (Lipinski definition) is 8. The van der Waals surface area contributed by atoms with E-state index in [1.54, 1.807) is 0 Å². The number of alkyl halides is 3. The number of nitrogens with one attached hydrogen (secondary N) is 1. The molecule has 0 amide bonds. The molecule has 0 spiro atoms. The monoisotopic (exact) mass is 629 g/mol. The van der Waals surface area contributed by atoms with E-state index in [2.05, 4.69) is 20.1 Å². The molecule has 1 unspecified atom stereocenters. The Hall–Kier alpha value is -4.85. The Balaban J connectivity index is 1.45. The number of nitrogens with zero attached hydrogens (tertiary/aromatic N) is 4. The zero-order valence-electron chi connectivity index (χ0n) is 23.9. The fourth-order valence-corrected chi connectivity index (χ4v) is 4.72. The Labute approximate surface area is 254 Å². The molecule has 4 aromatic rings. The van der Waals surface area contributed by atoms with E-state index < -0.39 is 35.4 Å². The van der Waals surface area contributed by atoms with Gasteiger partial charge in [0, 0.05) is 30.4 Å². The van der Waals surface area contributed by atoms with Gasteiger partial charge in [-0.05, 0) is 42.8 Å². The molecular formula is C31H28F5N5O4. The van der Waals surface area contributed by atoms with Crippen LogP contribution < -0.4 is 4.74 Å². The van der Waals surface area contributed by atoms with Gasteiger partial charge in [0.05, 0.1) is 48.5 Å². The molecule has 2 aromatic carbocycles. The summed E-state index contributed by atoms with van der Waals surface area (Å²) in [6.07, 6.45) is -1.27. The lowest BCUT2D eigenvalue weighted by atomic mass is 10.0. The quantitative estimate of drug-likeness (QED) is 0.118. The molecule has 1 aliphatic rings. The Morgan fingerprint density at radius 3 is 2.64 bits per heavy atom. The molecule has 1 atom stereocenters. The number of halogens is 5. The third-order valence-corrected chi connectivity index (χ3v) is 6.88. The summed E-state index contributed by atoms with van der Waals surface area (Å²) >= 11 is 0. The number of hydrazone groups is 1. The van der Waals surface area contributed by atoms with Crippen molar-refractivity contribution in [2.24, 2.45) is 5.10 Å². The van der Waals surface area contributed by atoms with Crippen LogP contribution in [0, 0.1) is 11.6 Å². The Morgan fingerprint density at radius 1 is 1.11 bits per heavy atom. The number of fused-ring (bicyclic) bond motifs is 1. The molecule has 0 saturated carbocycles. The van der Waals surface area contributed by atoms with Gasteiger partial charge >= 0.3 is 12.1 Å². The van der Waals surface area contributed by atoms with Gasteiger partial charge in [-0.1, -0.05) is 19.1 Å². The molecule has 0 bridgehead atoms. The van der Waals surface area contributed by atoms with E-state index in [9.17, 15) is 26.7 Å². The summed E-state index contributed by atoms with van der Waals surface area (Å²) in [4.78, 5) is 24.8. The van der Waals surface area contributed by atoms with Gasteiger partial charge in [0.25, 0.3) is 0 Å². The number of hydrogen-bond donors (Lipinski definition) is 2. The summed E-state index contributed by atoms with van der Waals surface area (Å²) in [6.45, 7) is 1.77. The molecule has 0 radical (unpaired) electrons. The second-order valence-electron chi connectivity index (χ2n) is 10.1. The highest BCUT2D eigenvalue weighted by atomic mass is 19.4. The van der Waals surface area contributed by atoms with Gasteiger partial charge in [-0.15, -0.1) is 0 Å². The van der Waals surface area contributed by atoms with Crippen LogP contribution in [0.25, 0.3) is 22.6 Å². The zero-order chi connectivity index (χ0) is 32.1. The predicted octanol–water partition coefficient (Wildman–Crippen LogP) is 6.04. The van der Waals surface area contributed by atoms with Crippen LogP contribution in [0.3, 0.4) is 0 Å². The van der Waals surface area contributed by atoms with Gasteiger partial charge in [-0.2, -0.15) is 18.3 Å². The highest BCUT2D eigenvalue weighted by Gasteiger charge is 2.36. The maximum absolute atomic E-state index is 14.4. The molecule has 45 heavy (non-hydrogen) atoms. The Kier molecular flexibility index (Phi) is 9.42. The summed E-state index contributed by atoms with van der Waals surface area (Å²) in [5.74, 6) is -2.72. The van der Waals surface area contributed by atoms with E-state index in [1.807, 2.05) is 6.92 Å². The summed E-state index contributed by atoms with van der Waals surface area (Å²) in [6, 6.07) is 8.96. The van der Waals surface area contributed by atoms with Crippen molar-refractivity contribution in [3.63, 3.8) is 0 Å². The van der Waals surface area contributed by atoms with Crippen molar-refractivity contribution < 1.29 is 41.3 Å². The molecular weight excluding hydrogens is 601 g/mol. The van der Waals surface area contributed by atoms with Gasteiger partial charge in [0.2, 0.25) is 0 Å². The highest BCUT2D eigenvalue weighted by Crippen LogP contribution is 2.39. The van der Waals surface area contributed by atoms with Crippen LogP contribution in [0.4, 0.5) is 22.0 Å². The number of aromatic amines is 1. The number of pyridine rings is 1. The molecule has 14 heteroatoms. The van der Waals surface area contributed by atoms with Crippen molar-refractivity contribution >= 4 is 12.2 Å². The minimum Gasteiger partial charge on any atom is -0.494 e. The first-order valence-corrected chi connectivity index (χ1v) is 14.0. The summed E-state index contributed by atoms with van der Waals surface area (Å²) in [7, 11) is 0. The van der Waals surface area contributed by atoms with Crippen LogP contribution >= 0.6 is 0 Å². The number of aromatic nitrogens is 3. The molecule has 0 saturated heterocycles. The lowest BCUT2D eigenvalue weighted by molar-refractivity contribution is -0.151. The van der Waals surface area contributed by atoms with E-state index >= 15 is 0 Å². The first-order chi connectivity index (χ1) is 21.6. The van der Waals surface area contributed by atoms with Crippen molar-refractivity contribution in [3.8, 4) is 28.4 Å². The normalized spacial score (nSPS) is 13.4. The molecule has 236 valence electrons. The SMILES string of the molecule is CCCOc1ccc(-c2ccc(C(C(=O)OCCCO)N3Cc4[nH]c(-c5cccc(F)c5F)nc4C=N3)cn2)c(C(F)(F)F)c1. The van der Waals surface area contributed by atoms with Crippen LogP contribution in [0.2, 0.25) is 0 Å². The maximum atomic E-state index is 14.4. The lowest BCUT2D eigenvalue weighted by Crippen LogP contribution is -2.33. The minimum absolute atomic E-state index is 0.0141. The van der Waals surface area contributed by atoms with Crippen molar-refractivity contribution in [2.45, 2.75) is 38.5 Å². The topological polar surface area (TPSA) is 113 Å².